The largest absolute Gasteiger partial charge is 0.384 e. The molecule has 0 fully saturated rings. The minimum Gasteiger partial charge on any atom is -0.384 e. The van der Waals surface area contributed by atoms with E-state index in [1.807, 2.05) is 19.9 Å². The van der Waals surface area contributed by atoms with Crippen LogP contribution in [-0.2, 0) is 0 Å². The van der Waals surface area contributed by atoms with Gasteiger partial charge in [0.2, 0.25) is 0 Å². The van der Waals surface area contributed by atoms with Crippen LogP contribution in [0.25, 0.3) is 0 Å². The summed E-state index contributed by atoms with van der Waals surface area (Å²) in [6.07, 6.45) is 7.90. The highest BCUT2D eigenvalue weighted by atomic mass is 14.8. The Balaban J connectivity index is 0.00000106. The Kier molecular flexibility index (Phi) is 6.93. The summed E-state index contributed by atoms with van der Waals surface area (Å²) in [6, 6.07) is 0. The topological polar surface area (TPSA) is 38.4 Å². The minimum absolute atomic E-state index is 0.582. The lowest BCUT2D eigenvalue weighted by atomic mass is 9.94. The van der Waals surface area contributed by atoms with Crippen LogP contribution in [0.4, 0.5) is 0 Å². The van der Waals surface area contributed by atoms with Crippen molar-refractivity contribution in [3.05, 3.63) is 48.1 Å². The van der Waals surface area contributed by atoms with Crippen LogP contribution in [0.1, 0.15) is 26.7 Å². The van der Waals surface area contributed by atoms with Gasteiger partial charge < -0.3 is 5.73 Å². The van der Waals surface area contributed by atoms with Crippen molar-refractivity contribution < 1.29 is 0 Å². The molecule has 0 heterocycles. The number of hydrogen-bond acceptors (Lipinski definition) is 1. The molecule has 0 bridgehead atoms. The van der Waals surface area contributed by atoms with Crippen LogP contribution in [0, 0.1) is 0 Å². The summed E-state index contributed by atoms with van der Waals surface area (Å²) in [4.78, 5) is 3.96. The number of nitrogens with two attached hydrogens (primary N) is 1. The van der Waals surface area contributed by atoms with E-state index in [1.54, 1.807) is 13.1 Å². The molecule has 16 heavy (non-hydrogen) atoms. The minimum atomic E-state index is 0.582. The zero-order valence-corrected chi connectivity index (χ0v) is 10.6. The number of allylic oxidation sites excluding steroid dienone is 4. The van der Waals surface area contributed by atoms with Crippen LogP contribution in [0.3, 0.4) is 0 Å². The van der Waals surface area contributed by atoms with Gasteiger partial charge in [-0.05, 0) is 30.1 Å². The molecule has 2 nitrogen and oxygen atoms in total. The van der Waals surface area contributed by atoms with Gasteiger partial charge in [0.25, 0.3) is 0 Å². The second-order valence-corrected chi connectivity index (χ2v) is 3.21. The second-order valence-electron chi connectivity index (χ2n) is 3.21. The SMILES string of the molecule is C=CC(=C)C1=CC(C(N)=NC)=CCC1.CC. The Morgan fingerprint density at radius 2 is 2.12 bits per heavy atom. The van der Waals surface area contributed by atoms with Gasteiger partial charge in [0.1, 0.15) is 5.84 Å². The van der Waals surface area contributed by atoms with E-state index >= 15 is 0 Å². The van der Waals surface area contributed by atoms with E-state index in [9.17, 15) is 0 Å². The van der Waals surface area contributed by atoms with Gasteiger partial charge in [0.05, 0.1) is 0 Å². The molecule has 0 amide bonds. The molecule has 0 saturated carbocycles. The maximum absolute atomic E-state index is 5.73. The summed E-state index contributed by atoms with van der Waals surface area (Å²) in [5.74, 6) is 0.582. The van der Waals surface area contributed by atoms with Crippen molar-refractivity contribution in [1.82, 2.24) is 0 Å². The molecule has 0 aromatic heterocycles. The van der Waals surface area contributed by atoms with E-state index in [0.717, 1.165) is 24.0 Å². The Labute approximate surface area is 99.0 Å². The molecule has 1 rings (SSSR count). The number of rotatable bonds is 3. The molecular formula is C14H22N2. The smallest absolute Gasteiger partial charge is 0.125 e. The first-order valence-electron chi connectivity index (χ1n) is 5.64. The zero-order valence-electron chi connectivity index (χ0n) is 10.6. The molecule has 0 aliphatic heterocycles. The van der Waals surface area contributed by atoms with Gasteiger partial charge >= 0.3 is 0 Å². The number of nitrogens with zero attached hydrogens (tertiary/aromatic N) is 1. The maximum atomic E-state index is 5.73. The predicted octanol–water partition coefficient (Wildman–Crippen LogP) is 3.39. The van der Waals surface area contributed by atoms with Crippen LogP contribution in [0.15, 0.2) is 53.1 Å². The third-order valence-electron chi connectivity index (χ3n) is 2.30. The van der Waals surface area contributed by atoms with E-state index in [0.29, 0.717) is 5.84 Å². The van der Waals surface area contributed by atoms with Crippen LogP contribution < -0.4 is 5.73 Å². The fourth-order valence-corrected chi connectivity index (χ4v) is 1.39. The van der Waals surface area contributed by atoms with E-state index in [1.165, 1.54) is 5.57 Å². The summed E-state index contributed by atoms with van der Waals surface area (Å²) < 4.78 is 0. The standard InChI is InChI=1S/C12H16N2.C2H6/c1-4-9(2)10-6-5-7-11(8-10)12(13)14-3;1-2/h4,7-8H,1-2,5-6H2,3H3,(H2,13,14);1-2H3. The highest BCUT2D eigenvalue weighted by Gasteiger charge is 2.08. The summed E-state index contributed by atoms with van der Waals surface area (Å²) in [7, 11) is 1.70. The van der Waals surface area contributed by atoms with Gasteiger partial charge in [0, 0.05) is 12.6 Å². The van der Waals surface area contributed by atoms with Crippen molar-refractivity contribution in [1.29, 1.82) is 0 Å². The van der Waals surface area contributed by atoms with Crippen LogP contribution >= 0.6 is 0 Å². The molecule has 0 unspecified atom stereocenters. The van der Waals surface area contributed by atoms with Gasteiger partial charge in [-0.1, -0.05) is 39.2 Å². The van der Waals surface area contributed by atoms with Crippen molar-refractivity contribution in [3.8, 4) is 0 Å². The molecule has 0 aromatic carbocycles. The first-order valence-corrected chi connectivity index (χ1v) is 5.64. The first kappa shape index (κ1) is 14.4. The number of aliphatic imine (C=N–C) groups is 1. The number of amidine groups is 1. The van der Waals surface area contributed by atoms with E-state index in [2.05, 4.69) is 24.2 Å². The molecule has 0 radical (unpaired) electrons. The van der Waals surface area contributed by atoms with E-state index < -0.39 is 0 Å². The third kappa shape index (κ3) is 3.89. The van der Waals surface area contributed by atoms with Gasteiger partial charge in [-0.15, -0.1) is 0 Å². The van der Waals surface area contributed by atoms with Crippen molar-refractivity contribution in [2.75, 3.05) is 7.05 Å². The van der Waals surface area contributed by atoms with Gasteiger partial charge in [-0.2, -0.15) is 0 Å². The number of hydrogen-bond donors (Lipinski definition) is 1. The molecule has 1 aliphatic rings. The van der Waals surface area contributed by atoms with Gasteiger partial charge in [-0.3, -0.25) is 4.99 Å². The van der Waals surface area contributed by atoms with Crippen LogP contribution in [0.2, 0.25) is 0 Å². The predicted molar refractivity (Wildman–Crippen MR) is 73.6 cm³/mol. The fraction of sp³-hybridized carbons (Fsp3) is 0.357. The molecule has 1 aliphatic carbocycles. The van der Waals surface area contributed by atoms with Crippen molar-refractivity contribution >= 4 is 5.84 Å². The lowest BCUT2D eigenvalue weighted by molar-refractivity contribution is 0.971. The summed E-state index contributed by atoms with van der Waals surface area (Å²) >= 11 is 0. The summed E-state index contributed by atoms with van der Waals surface area (Å²) in [5, 5.41) is 0. The highest BCUT2D eigenvalue weighted by Crippen LogP contribution is 2.23. The fourth-order valence-electron chi connectivity index (χ4n) is 1.39. The highest BCUT2D eigenvalue weighted by molar-refractivity contribution is 5.99. The maximum Gasteiger partial charge on any atom is 0.125 e. The molecular weight excluding hydrogens is 196 g/mol. The van der Waals surface area contributed by atoms with Gasteiger partial charge in [-0.25, -0.2) is 0 Å². The average molecular weight is 218 g/mol. The van der Waals surface area contributed by atoms with E-state index in [-0.39, 0.29) is 0 Å². The first-order chi connectivity index (χ1) is 7.69. The third-order valence-corrected chi connectivity index (χ3v) is 2.30. The second kappa shape index (κ2) is 7.69. The zero-order chi connectivity index (χ0) is 12.6. The van der Waals surface area contributed by atoms with Crippen LogP contribution in [-0.4, -0.2) is 12.9 Å². The average Bonchev–Trinajstić information content (AvgIpc) is 2.39. The Hall–Kier alpha value is -1.57. The lowest BCUT2D eigenvalue weighted by Gasteiger charge is -2.13. The van der Waals surface area contributed by atoms with Crippen molar-refractivity contribution in [2.24, 2.45) is 10.7 Å². The Morgan fingerprint density at radius 3 is 2.62 bits per heavy atom. The molecule has 0 aromatic rings. The summed E-state index contributed by atoms with van der Waals surface area (Å²) in [5.41, 5.74) is 8.90. The molecule has 2 heteroatoms. The molecule has 0 saturated heterocycles. The normalized spacial score (nSPS) is 15.3. The van der Waals surface area contributed by atoms with E-state index in [4.69, 9.17) is 5.73 Å². The molecule has 0 spiro atoms. The Bertz CT molecular complexity index is 344. The molecule has 2 N–H and O–H groups in total. The molecule has 88 valence electrons. The monoisotopic (exact) mass is 218 g/mol. The van der Waals surface area contributed by atoms with Gasteiger partial charge in [0.15, 0.2) is 0 Å². The lowest BCUT2D eigenvalue weighted by Crippen LogP contribution is -2.15. The van der Waals surface area contributed by atoms with Crippen LogP contribution in [0.5, 0.6) is 0 Å². The van der Waals surface area contributed by atoms with Crippen molar-refractivity contribution in [3.63, 3.8) is 0 Å². The summed E-state index contributed by atoms with van der Waals surface area (Å²) in [6.45, 7) is 11.6. The van der Waals surface area contributed by atoms with Crippen molar-refractivity contribution in [2.45, 2.75) is 26.7 Å². The molecule has 0 atom stereocenters. The quantitative estimate of drug-likeness (QED) is 0.440. The Morgan fingerprint density at radius 1 is 1.50 bits per heavy atom.